The molecule has 7 nitrogen and oxygen atoms in total. The summed E-state index contributed by atoms with van der Waals surface area (Å²) in [5, 5.41) is 2.67. The van der Waals surface area contributed by atoms with E-state index in [4.69, 9.17) is 14.2 Å². The monoisotopic (exact) mass is 384 g/mol. The van der Waals surface area contributed by atoms with Crippen molar-refractivity contribution in [1.82, 2.24) is 10.2 Å². The van der Waals surface area contributed by atoms with Gasteiger partial charge in [-0.3, -0.25) is 9.59 Å². The highest BCUT2D eigenvalue weighted by Crippen LogP contribution is 2.30. The van der Waals surface area contributed by atoms with E-state index in [0.29, 0.717) is 36.8 Å². The highest BCUT2D eigenvalue weighted by molar-refractivity contribution is 5.99. The molecule has 1 saturated heterocycles. The van der Waals surface area contributed by atoms with Gasteiger partial charge in [-0.25, -0.2) is 0 Å². The normalized spacial score (nSPS) is 16.4. The number of methoxy groups -OCH3 is 2. The van der Waals surface area contributed by atoms with Gasteiger partial charge in [0.1, 0.15) is 6.10 Å². The van der Waals surface area contributed by atoms with Crippen molar-refractivity contribution < 1.29 is 23.8 Å². The fourth-order valence-electron chi connectivity index (χ4n) is 3.17. The van der Waals surface area contributed by atoms with Crippen molar-refractivity contribution in [2.75, 3.05) is 40.5 Å². The molecule has 0 spiro atoms. The van der Waals surface area contributed by atoms with Gasteiger partial charge < -0.3 is 24.4 Å². The molecular formula is C21H24N2O5. The van der Waals surface area contributed by atoms with Crippen LogP contribution < -0.4 is 14.8 Å². The van der Waals surface area contributed by atoms with E-state index in [2.05, 4.69) is 5.32 Å². The first-order chi connectivity index (χ1) is 13.6. The molecule has 2 aromatic carbocycles. The molecule has 1 N–H and O–H groups in total. The molecule has 1 fully saturated rings. The molecule has 28 heavy (non-hydrogen) atoms. The number of amides is 2. The van der Waals surface area contributed by atoms with Gasteiger partial charge in [0.05, 0.1) is 39.5 Å². The van der Waals surface area contributed by atoms with Crippen molar-refractivity contribution >= 4 is 11.8 Å². The number of carbonyl (C=O) groups excluding carboxylic acids is 2. The largest absolute Gasteiger partial charge is 0.493 e. The Labute approximate surface area is 164 Å². The van der Waals surface area contributed by atoms with E-state index >= 15 is 0 Å². The highest BCUT2D eigenvalue weighted by atomic mass is 16.5. The van der Waals surface area contributed by atoms with Crippen molar-refractivity contribution in [3.05, 3.63) is 59.7 Å². The number of carbonyl (C=O) groups is 2. The first-order valence-electron chi connectivity index (χ1n) is 9.07. The summed E-state index contributed by atoms with van der Waals surface area (Å²) in [4.78, 5) is 26.8. The number of para-hydroxylation sites is 1. The smallest absolute Gasteiger partial charge is 0.255 e. The molecule has 3 rings (SSSR count). The van der Waals surface area contributed by atoms with E-state index in [1.54, 1.807) is 23.1 Å². The maximum atomic E-state index is 12.6. The van der Waals surface area contributed by atoms with E-state index in [0.717, 1.165) is 5.56 Å². The lowest BCUT2D eigenvalue weighted by molar-refractivity contribution is -0.137. The molecule has 7 heteroatoms. The quantitative estimate of drug-likeness (QED) is 0.825. The molecule has 2 amide bonds. The number of rotatable bonds is 6. The molecule has 0 saturated carbocycles. The number of morpholine rings is 1. The van der Waals surface area contributed by atoms with Crippen molar-refractivity contribution in [3.8, 4) is 11.5 Å². The highest BCUT2D eigenvalue weighted by Gasteiger charge is 2.26. The Bertz CT molecular complexity index is 825. The van der Waals surface area contributed by atoms with Crippen molar-refractivity contribution in [2.24, 2.45) is 0 Å². The topological polar surface area (TPSA) is 77.1 Å². The Morgan fingerprint density at radius 1 is 1.11 bits per heavy atom. The van der Waals surface area contributed by atoms with Gasteiger partial charge in [-0.2, -0.15) is 0 Å². The SMILES string of the molecule is COc1cccc(C(=O)NCC(=O)N2CCOC(c3ccccc3)C2)c1OC. The van der Waals surface area contributed by atoms with E-state index in [-0.39, 0.29) is 18.6 Å². The number of nitrogens with one attached hydrogen (secondary N) is 1. The predicted molar refractivity (Wildman–Crippen MR) is 104 cm³/mol. The Morgan fingerprint density at radius 3 is 2.61 bits per heavy atom. The zero-order valence-corrected chi connectivity index (χ0v) is 16.0. The summed E-state index contributed by atoms with van der Waals surface area (Å²) >= 11 is 0. The summed E-state index contributed by atoms with van der Waals surface area (Å²) in [7, 11) is 2.97. The van der Waals surface area contributed by atoms with Crippen LogP contribution in [0, 0.1) is 0 Å². The van der Waals surface area contributed by atoms with E-state index in [1.807, 2.05) is 30.3 Å². The summed E-state index contributed by atoms with van der Waals surface area (Å²) < 4.78 is 16.3. The van der Waals surface area contributed by atoms with Crippen LogP contribution in [-0.2, 0) is 9.53 Å². The van der Waals surface area contributed by atoms with Gasteiger partial charge in [-0.15, -0.1) is 0 Å². The molecule has 1 heterocycles. The van der Waals surface area contributed by atoms with Crippen molar-refractivity contribution in [1.29, 1.82) is 0 Å². The molecule has 0 bridgehead atoms. The Morgan fingerprint density at radius 2 is 1.89 bits per heavy atom. The minimum Gasteiger partial charge on any atom is -0.493 e. The molecule has 148 valence electrons. The van der Waals surface area contributed by atoms with Gasteiger partial charge >= 0.3 is 0 Å². The van der Waals surface area contributed by atoms with Gasteiger partial charge in [-0.1, -0.05) is 36.4 Å². The third kappa shape index (κ3) is 4.43. The van der Waals surface area contributed by atoms with Crippen LogP contribution in [0.1, 0.15) is 22.0 Å². The molecule has 2 aromatic rings. The van der Waals surface area contributed by atoms with Crippen LogP contribution in [0.15, 0.2) is 48.5 Å². The second-order valence-electron chi connectivity index (χ2n) is 6.33. The zero-order chi connectivity index (χ0) is 19.9. The van der Waals surface area contributed by atoms with Crippen LogP contribution in [0.25, 0.3) is 0 Å². The second kappa shape index (κ2) is 9.23. The molecule has 0 aromatic heterocycles. The van der Waals surface area contributed by atoms with Gasteiger partial charge in [0.15, 0.2) is 11.5 Å². The van der Waals surface area contributed by atoms with Crippen LogP contribution in [0.4, 0.5) is 0 Å². The van der Waals surface area contributed by atoms with Gasteiger partial charge in [0.25, 0.3) is 5.91 Å². The molecule has 1 atom stereocenters. The maximum Gasteiger partial charge on any atom is 0.255 e. The lowest BCUT2D eigenvalue weighted by Gasteiger charge is -2.33. The second-order valence-corrected chi connectivity index (χ2v) is 6.33. The first-order valence-corrected chi connectivity index (χ1v) is 9.07. The Hall–Kier alpha value is -3.06. The van der Waals surface area contributed by atoms with Crippen LogP contribution in [-0.4, -0.2) is 57.2 Å². The summed E-state index contributed by atoms with van der Waals surface area (Å²) in [6.07, 6.45) is -0.159. The average molecular weight is 384 g/mol. The molecule has 0 radical (unpaired) electrons. The molecule has 0 aliphatic carbocycles. The van der Waals surface area contributed by atoms with Gasteiger partial charge in [-0.05, 0) is 17.7 Å². The molecule has 1 unspecified atom stereocenters. The minimum atomic E-state index is -0.392. The maximum absolute atomic E-state index is 12.6. The summed E-state index contributed by atoms with van der Waals surface area (Å²) in [5.74, 6) is 0.252. The number of benzene rings is 2. The third-order valence-corrected chi connectivity index (χ3v) is 4.64. The van der Waals surface area contributed by atoms with Crippen LogP contribution >= 0.6 is 0 Å². The third-order valence-electron chi connectivity index (χ3n) is 4.64. The van der Waals surface area contributed by atoms with E-state index in [9.17, 15) is 9.59 Å². The number of hydrogen-bond donors (Lipinski definition) is 1. The number of nitrogens with zero attached hydrogens (tertiary/aromatic N) is 1. The number of ether oxygens (including phenoxy) is 3. The van der Waals surface area contributed by atoms with Gasteiger partial charge in [0, 0.05) is 6.54 Å². The Balaban J connectivity index is 1.60. The van der Waals surface area contributed by atoms with Crippen LogP contribution in [0.2, 0.25) is 0 Å². The van der Waals surface area contributed by atoms with Gasteiger partial charge in [0.2, 0.25) is 5.91 Å². The van der Waals surface area contributed by atoms with E-state index in [1.165, 1.54) is 14.2 Å². The Kier molecular flexibility index (Phi) is 6.49. The number of hydrogen-bond acceptors (Lipinski definition) is 5. The lowest BCUT2D eigenvalue weighted by atomic mass is 10.1. The fraction of sp³-hybridized carbons (Fsp3) is 0.333. The summed E-state index contributed by atoms with van der Waals surface area (Å²) in [5.41, 5.74) is 1.35. The molecule has 1 aliphatic heterocycles. The summed E-state index contributed by atoms with van der Waals surface area (Å²) in [6, 6.07) is 14.8. The first kappa shape index (κ1) is 19.7. The molecule has 1 aliphatic rings. The van der Waals surface area contributed by atoms with Crippen LogP contribution in [0.5, 0.6) is 11.5 Å². The van der Waals surface area contributed by atoms with E-state index < -0.39 is 5.91 Å². The minimum absolute atomic E-state index is 0.0965. The fourth-order valence-corrected chi connectivity index (χ4v) is 3.17. The molecular weight excluding hydrogens is 360 g/mol. The lowest BCUT2D eigenvalue weighted by Crippen LogP contribution is -2.46. The zero-order valence-electron chi connectivity index (χ0n) is 16.0. The van der Waals surface area contributed by atoms with Crippen molar-refractivity contribution in [3.63, 3.8) is 0 Å². The average Bonchev–Trinajstić information content (AvgIpc) is 2.77. The predicted octanol–water partition coefficient (Wildman–Crippen LogP) is 2.03. The summed E-state index contributed by atoms with van der Waals surface area (Å²) in [6.45, 7) is 1.32. The standard InChI is InChI=1S/C21H24N2O5/c1-26-17-10-6-9-16(20(17)27-2)21(25)22-13-19(24)23-11-12-28-18(14-23)15-7-4-3-5-8-15/h3-10,18H,11-14H2,1-2H3,(H,22,25). The van der Waals surface area contributed by atoms with Crippen molar-refractivity contribution in [2.45, 2.75) is 6.10 Å². The van der Waals surface area contributed by atoms with Crippen LogP contribution in [0.3, 0.4) is 0 Å².